The lowest BCUT2D eigenvalue weighted by molar-refractivity contribution is 0.596. The van der Waals surface area contributed by atoms with Crippen LogP contribution in [0.15, 0.2) is 33.1 Å². The quantitative estimate of drug-likeness (QED) is 0.666. The van der Waals surface area contributed by atoms with Crippen LogP contribution in [0.25, 0.3) is 0 Å². The van der Waals surface area contributed by atoms with E-state index in [0.717, 1.165) is 5.69 Å². The van der Waals surface area contributed by atoms with Crippen molar-refractivity contribution >= 4 is 23.4 Å². The Kier molecular flexibility index (Phi) is 3.83. The van der Waals surface area contributed by atoms with E-state index >= 15 is 0 Å². The minimum Gasteiger partial charge on any atom is -0.265 e. The zero-order chi connectivity index (χ0) is 13.1. The minimum atomic E-state index is -0.797. The standard InChI is InChI=1S/C10H9ClN4O2S/c1-15-10(13-8(16)9(17)14-15)18-5-7-4-6(11)2-3-12-7/h2-4H,5H2,1H3,(H,14,17). The van der Waals surface area contributed by atoms with Gasteiger partial charge in [0.15, 0.2) is 5.16 Å². The lowest BCUT2D eigenvalue weighted by Crippen LogP contribution is -2.33. The first-order chi connectivity index (χ1) is 8.56. The Morgan fingerprint density at radius 1 is 1.50 bits per heavy atom. The molecule has 0 radical (unpaired) electrons. The molecule has 2 rings (SSSR count). The molecule has 0 aliphatic rings. The number of aromatic amines is 1. The van der Waals surface area contributed by atoms with Crippen LogP contribution in [0.1, 0.15) is 5.69 Å². The van der Waals surface area contributed by atoms with Crippen molar-refractivity contribution in [2.45, 2.75) is 10.9 Å². The number of hydrogen-bond donors (Lipinski definition) is 1. The summed E-state index contributed by atoms with van der Waals surface area (Å²) in [6, 6.07) is 3.42. The van der Waals surface area contributed by atoms with E-state index in [-0.39, 0.29) is 0 Å². The summed E-state index contributed by atoms with van der Waals surface area (Å²) in [7, 11) is 1.61. The van der Waals surface area contributed by atoms with Gasteiger partial charge in [-0.15, -0.1) is 0 Å². The summed E-state index contributed by atoms with van der Waals surface area (Å²) in [6.45, 7) is 0. The number of nitrogens with zero attached hydrogens (tertiary/aromatic N) is 3. The fraction of sp³-hybridized carbons (Fsp3) is 0.200. The third-order valence-electron chi connectivity index (χ3n) is 2.08. The third kappa shape index (κ3) is 2.99. The lowest BCUT2D eigenvalue weighted by Gasteiger charge is -2.05. The highest BCUT2D eigenvalue weighted by Gasteiger charge is 2.05. The predicted molar refractivity (Wildman–Crippen MR) is 68.9 cm³/mol. The summed E-state index contributed by atoms with van der Waals surface area (Å²) in [5, 5.41) is 3.39. The molecular formula is C10H9ClN4O2S. The van der Waals surface area contributed by atoms with E-state index in [2.05, 4.69) is 15.1 Å². The van der Waals surface area contributed by atoms with Crippen molar-refractivity contribution in [1.29, 1.82) is 0 Å². The number of halogens is 1. The van der Waals surface area contributed by atoms with Gasteiger partial charge in [-0.25, -0.2) is 0 Å². The second kappa shape index (κ2) is 5.36. The Morgan fingerprint density at radius 2 is 2.28 bits per heavy atom. The van der Waals surface area contributed by atoms with Crippen LogP contribution in [0.3, 0.4) is 0 Å². The average molecular weight is 285 g/mol. The molecule has 0 aliphatic carbocycles. The molecule has 1 N–H and O–H groups in total. The van der Waals surface area contributed by atoms with Crippen LogP contribution in [0.4, 0.5) is 0 Å². The fourth-order valence-corrected chi connectivity index (χ4v) is 2.26. The summed E-state index contributed by atoms with van der Waals surface area (Å²) in [5.41, 5.74) is -0.759. The first-order valence-corrected chi connectivity index (χ1v) is 6.33. The maximum atomic E-state index is 11.1. The first-order valence-electron chi connectivity index (χ1n) is 4.97. The highest BCUT2D eigenvalue weighted by molar-refractivity contribution is 7.98. The lowest BCUT2D eigenvalue weighted by atomic mass is 10.4. The molecule has 2 aromatic rings. The maximum absolute atomic E-state index is 11.1. The van der Waals surface area contributed by atoms with Crippen LogP contribution < -0.4 is 11.1 Å². The van der Waals surface area contributed by atoms with E-state index in [0.29, 0.717) is 15.9 Å². The number of hydrogen-bond acceptors (Lipinski definition) is 5. The van der Waals surface area contributed by atoms with Crippen LogP contribution in [-0.2, 0) is 12.8 Å². The number of thioether (sulfide) groups is 1. The highest BCUT2D eigenvalue weighted by atomic mass is 35.5. The van der Waals surface area contributed by atoms with Crippen LogP contribution in [0, 0.1) is 0 Å². The molecule has 0 spiro atoms. The van der Waals surface area contributed by atoms with Crippen LogP contribution in [0.2, 0.25) is 5.02 Å². The molecule has 0 amide bonds. The molecule has 94 valence electrons. The molecule has 0 bridgehead atoms. The normalized spacial score (nSPS) is 10.6. The predicted octanol–water partition coefficient (Wildman–Crippen LogP) is 0.809. The Morgan fingerprint density at radius 3 is 3.00 bits per heavy atom. The number of pyridine rings is 1. The van der Waals surface area contributed by atoms with Crippen molar-refractivity contribution in [1.82, 2.24) is 19.7 Å². The molecule has 0 aromatic carbocycles. The molecule has 0 atom stereocenters. The summed E-state index contributed by atoms with van der Waals surface area (Å²) < 4.78 is 1.40. The summed E-state index contributed by atoms with van der Waals surface area (Å²) in [5.74, 6) is 0.507. The van der Waals surface area contributed by atoms with Gasteiger partial charge in [-0.05, 0) is 12.1 Å². The van der Waals surface area contributed by atoms with Gasteiger partial charge in [0.25, 0.3) is 0 Å². The summed E-state index contributed by atoms with van der Waals surface area (Å²) in [6.07, 6.45) is 1.61. The van der Waals surface area contributed by atoms with Crippen molar-refractivity contribution in [3.8, 4) is 0 Å². The molecule has 0 aliphatic heterocycles. The second-order valence-electron chi connectivity index (χ2n) is 3.45. The Balaban J connectivity index is 2.18. The zero-order valence-electron chi connectivity index (χ0n) is 9.38. The molecule has 0 unspecified atom stereocenters. The molecule has 18 heavy (non-hydrogen) atoms. The van der Waals surface area contributed by atoms with Crippen molar-refractivity contribution in [3.05, 3.63) is 49.8 Å². The van der Waals surface area contributed by atoms with Gasteiger partial charge in [0.05, 0.1) is 5.69 Å². The van der Waals surface area contributed by atoms with Gasteiger partial charge >= 0.3 is 11.1 Å². The van der Waals surface area contributed by atoms with E-state index in [1.54, 1.807) is 25.4 Å². The number of aryl methyl sites for hydroxylation is 1. The molecule has 0 fully saturated rings. The van der Waals surface area contributed by atoms with Crippen LogP contribution >= 0.6 is 23.4 Å². The zero-order valence-corrected chi connectivity index (χ0v) is 11.0. The van der Waals surface area contributed by atoms with Crippen LogP contribution in [0.5, 0.6) is 0 Å². The number of aromatic nitrogens is 4. The molecule has 8 heteroatoms. The fourth-order valence-electron chi connectivity index (χ4n) is 1.26. The number of H-pyrrole nitrogens is 1. The highest BCUT2D eigenvalue weighted by Crippen LogP contribution is 2.18. The molecule has 6 nitrogen and oxygen atoms in total. The summed E-state index contributed by atoms with van der Waals surface area (Å²) >= 11 is 7.13. The van der Waals surface area contributed by atoms with E-state index in [9.17, 15) is 9.59 Å². The number of nitrogens with one attached hydrogen (secondary N) is 1. The average Bonchev–Trinajstić information content (AvgIpc) is 2.32. The van der Waals surface area contributed by atoms with Crippen LogP contribution in [-0.4, -0.2) is 19.7 Å². The third-order valence-corrected chi connectivity index (χ3v) is 3.37. The molecule has 2 aromatic heterocycles. The van der Waals surface area contributed by atoms with Gasteiger partial charge in [-0.1, -0.05) is 23.4 Å². The van der Waals surface area contributed by atoms with E-state index in [1.165, 1.54) is 16.4 Å². The number of rotatable bonds is 3. The Bertz CT molecular complexity index is 682. The SMILES string of the molecule is Cn1[nH]c(=O)c(=O)nc1SCc1cc(Cl)ccn1. The first kappa shape index (κ1) is 12.8. The molecule has 0 saturated carbocycles. The Hall–Kier alpha value is -1.60. The van der Waals surface area contributed by atoms with Gasteiger partial charge in [0.1, 0.15) is 0 Å². The molecule has 2 heterocycles. The largest absolute Gasteiger partial charge is 0.339 e. The molecule has 0 saturated heterocycles. The minimum absolute atomic E-state index is 0.418. The molecular weight excluding hydrogens is 276 g/mol. The van der Waals surface area contributed by atoms with E-state index in [4.69, 9.17) is 11.6 Å². The van der Waals surface area contributed by atoms with Crippen molar-refractivity contribution in [2.75, 3.05) is 0 Å². The smallest absolute Gasteiger partial charge is 0.265 e. The monoisotopic (exact) mass is 284 g/mol. The summed E-state index contributed by atoms with van der Waals surface area (Å²) in [4.78, 5) is 30.0. The van der Waals surface area contributed by atoms with E-state index < -0.39 is 11.1 Å². The maximum Gasteiger partial charge on any atom is 0.339 e. The van der Waals surface area contributed by atoms with Gasteiger partial charge in [0.2, 0.25) is 0 Å². The van der Waals surface area contributed by atoms with Crippen molar-refractivity contribution in [2.24, 2.45) is 7.05 Å². The second-order valence-corrected chi connectivity index (χ2v) is 4.83. The van der Waals surface area contributed by atoms with Gasteiger partial charge in [-0.2, -0.15) is 4.98 Å². The van der Waals surface area contributed by atoms with Crippen molar-refractivity contribution in [3.63, 3.8) is 0 Å². The van der Waals surface area contributed by atoms with E-state index in [1.807, 2.05) is 0 Å². The van der Waals surface area contributed by atoms with Gasteiger partial charge < -0.3 is 0 Å². The topological polar surface area (TPSA) is 80.6 Å². The Labute approximate surface area is 111 Å². The van der Waals surface area contributed by atoms with Crippen molar-refractivity contribution < 1.29 is 0 Å². The van der Waals surface area contributed by atoms with Gasteiger partial charge in [0, 0.05) is 24.0 Å². The van der Waals surface area contributed by atoms with Gasteiger partial charge in [-0.3, -0.25) is 24.4 Å².